The fraction of sp³-hybridized carbons (Fsp3) is 0.462. The summed E-state index contributed by atoms with van der Waals surface area (Å²) in [5.41, 5.74) is 16.0. The Kier molecular flexibility index (Phi) is 4.39. The van der Waals surface area contributed by atoms with Crippen molar-refractivity contribution < 1.29 is 4.79 Å². The van der Waals surface area contributed by atoms with Crippen LogP contribution >= 0.6 is 0 Å². The second-order valence-electron chi connectivity index (χ2n) is 4.78. The molecule has 0 spiro atoms. The average molecular weight is 259 g/mol. The Morgan fingerprint density at radius 3 is 2.68 bits per heavy atom. The second kappa shape index (κ2) is 6.22. The Morgan fingerprint density at radius 2 is 2.05 bits per heavy atom. The lowest BCUT2D eigenvalue weighted by Crippen LogP contribution is -2.24. The minimum Gasteiger partial charge on any atom is -0.338 e. The summed E-state index contributed by atoms with van der Waals surface area (Å²) < 4.78 is 0. The third-order valence-corrected chi connectivity index (χ3v) is 3.33. The Balaban J connectivity index is 1.95. The van der Waals surface area contributed by atoms with E-state index in [1.54, 1.807) is 0 Å². The van der Waals surface area contributed by atoms with E-state index in [-0.39, 0.29) is 11.8 Å². The van der Waals surface area contributed by atoms with Gasteiger partial charge in [0.2, 0.25) is 5.91 Å². The van der Waals surface area contributed by atoms with E-state index in [4.69, 9.17) is 11.3 Å². The maximum atomic E-state index is 11.8. The molecule has 1 aromatic carbocycles. The Labute approximate surface area is 111 Å². The first kappa shape index (κ1) is 13.4. The molecule has 2 N–H and O–H groups in total. The first-order valence-electron chi connectivity index (χ1n) is 6.29. The van der Waals surface area contributed by atoms with Crippen LogP contribution in [0.3, 0.4) is 0 Å². The molecule has 0 bridgehead atoms. The van der Waals surface area contributed by atoms with E-state index in [1.807, 2.05) is 29.2 Å². The minimum absolute atomic E-state index is 0.126. The summed E-state index contributed by atoms with van der Waals surface area (Å²) in [6, 6.07) is 7.95. The van der Waals surface area contributed by atoms with Gasteiger partial charge in [0.25, 0.3) is 0 Å². The van der Waals surface area contributed by atoms with Crippen molar-refractivity contribution in [3.05, 3.63) is 45.8 Å². The molecule has 1 aliphatic heterocycles. The van der Waals surface area contributed by atoms with Crippen molar-refractivity contribution in [3.63, 3.8) is 0 Å². The number of likely N-dealkylation sites (tertiary alicyclic amines) is 1. The van der Waals surface area contributed by atoms with Crippen LogP contribution in [0, 0.1) is 5.92 Å². The number of hydrogen-bond donors (Lipinski definition) is 1. The highest BCUT2D eigenvalue weighted by Gasteiger charge is 2.28. The second-order valence-corrected chi connectivity index (χ2v) is 4.78. The quantitative estimate of drug-likeness (QED) is 0.496. The van der Waals surface area contributed by atoms with Crippen molar-refractivity contribution in [2.75, 3.05) is 13.1 Å². The Bertz CT molecular complexity index is 492. The molecule has 1 atom stereocenters. The smallest absolute Gasteiger partial charge is 0.223 e. The summed E-state index contributed by atoms with van der Waals surface area (Å²) >= 11 is 0. The molecule has 1 heterocycles. The SMILES string of the molecule is [N-]=[N+]=NCC1CC(=O)N(Cc2ccc(CN)cc2)C1. The maximum Gasteiger partial charge on any atom is 0.223 e. The molecule has 0 saturated carbocycles. The van der Waals surface area contributed by atoms with Crippen LogP contribution < -0.4 is 5.73 Å². The van der Waals surface area contributed by atoms with Crippen molar-refractivity contribution in [1.29, 1.82) is 0 Å². The van der Waals surface area contributed by atoms with Gasteiger partial charge in [0.05, 0.1) is 0 Å². The highest BCUT2D eigenvalue weighted by molar-refractivity contribution is 5.78. The van der Waals surface area contributed by atoms with Crippen LogP contribution in [-0.2, 0) is 17.9 Å². The largest absolute Gasteiger partial charge is 0.338 e. The summed E-state index contributed by atoms with van der Waals surface area (Å²) in [6.07, 6.45) is 0.472. The Morgan fingerprint density at radius 1 is 1.37 bits per heavy atom. The zero-order valence-corrected chi connectivity index (χ0v) is 10.7. The summed E-state index contributed by atoms with van der Waals surface area (Å²) in [4.78, 5) is 16.4. The van der Waals surface area contributed by atoms with Crippen LogP contribution in [0.25, 0.3) is 10.4 Å². The number of rotatable bonds is 5. The molecular weight excluding hydrogens is 242 g/mol. The third kappa shape index (κ3) is 3.47. The number of nitrogens with zero attached hydrogens (tertiary/aromatic N) is 4. The number of carbonyl (C=O) groups is 1. The van der Waals surface area contributed by atoms with Gasteiger partial charge in [-0.05, 0) is 22.6 Å². The van der Waals surface area contributed by atoms with E-state index in [0.717, 1.165) is 11.1 Å². The van der Waals surface area contributed by atoms with Gasteiger partial charge in [-0.1, -0.05) is 29.4 Å². The van der Waals surface area contributed by atoms with E-state index < -0.39 is 0 Å². The molecular formula is C13H17N5O. The molecule has 2 rings (SSSR count). The first-order chi connectivity index (χ1) is 9.22. The van der Waals surface area contributed by atoms with E-state index in [2.05, 4.69) is 10.0 Å². The highest BCUT2D eigenvalue weighted by atomic mass is 16.2. The number of carbonyl (C=O) groups excluding carboxylic acids is 1. The number of amides is 1. The molecule has 1 amide bonds. The monoisotopic (exact) mass is 259 g/mol. The molecule has 0 aromatic heterocycles. The van der Waals surface area contributed by atoms with Crippen LogP contribution in [0.4, 0.5) is 0 Å². The van der Waals surface area contributed by atoms with Crippen LogP contribution in [0.1, 0.15) is 17.5 Å². The molecule has 1 unspecified atom stereocenters. The topological polar surface area (TPSA) is 95.1 Å². The van der Waals surface area contributed by atoms with Gasteiger partial charge >= 0.3 is 0 Å². The van der Waals surface area contributed by atoms with Crippen molar-refractivity contribution in [2.45, 2.75) is 19.5 Å². The molecule has 0 aliphatic carbocycles. The van der Waals surface area contributed by atoms with Gasteiger partial charge in [-0.3, -0.25) is 4.79 Å². The number of benzene rings is 1. The average Bonchev–Trinajstić information content (AvgIpc) is 2.78. The molecule has 1 aromatic rings. The molecule has 6 heteroatoms. The van der Waals surface area contributed by atoms with Crippen LogP contribution in [0.15, 0.2) is 29.4 Å². The van der Waals surface area contributed by atoms with Gasteiger partial charge in [0.1, 0.15) is 0 Å². The number of azide groups is 1. The standard InChI is InChI=1S/C13H17N5O/c14-6-10-1-3-11(4-2-10)8-18-9-12(5-13(18)19)7-16-17-15/h1-4,12H,5-9,14H2. The lowest BCUT2D eigenvalue weighted by atomic mass is 10.1. The van der Waals surface area contributed by atoms with E-state index in [9.17, 15) is 4.79 Å². The zero-order chi connectivity index (χ0) is 13.7. The fourth-order valence-corrected chi connectivity index (χ4v) is 2.28. The van der Waals surface area contributed by atoms with Gasteiger partial charge in [0, 0.05) is 37.5 Å². The molecule has 1 fully saturated rings. The van der Waals surface area contributed by atoms with Crippen molar-refractivity contribution >= 4 is 5.91 Å². The van der Waals surface area contributed by atoms with Gasteiger partial charge in [-0.25, -0.2) is 0 Å². The van der Waals surface area contributed by atoms with Crippen LogP contribution in [0.2, 0.25) is 0 Å². The summed E-state index contributed by atoms with van der Waals surface area (Å²) in [5.74, 6) is 0.271. The molecule has 100 valence electrons. The van der Waals surface area contributed by atoms with Crippen molar-refractivity contribution in [3.8, 4) is 0 Å². The number of nitrogens with two attached hydrogens (primary N) is 1. The summed E-state index contributed by atoms with van der Waals surface area (Å²) in [6.45, 7) is 2.19. The molecule has 6 nitrogen and oxygen atoms in total. The maximum absolute atomic E-state index is 11.8. The van der Waals surface area contributed by atoms with Crippen molar-refractivity contribution in [1.82, 2.24) is 4.90 Å². The van der Waals surface area contributed by atoms with E-state index >= 15 is 0 Å². The minimum atomic E-state index is 0.126. The Hall–Kier alpha value is -2.04. The van der Waals surface area contributed by atoms with E-state index in [0.29, 0.717) is 32.6 Å². The first-order valence-corrected chi connectivity index (χ1v) is 6.29. The van der Waals surface area contributed by atoms with Crippen molar-refractivity contribution in [2.24, 2.45) is 16.8 Å². The molecule has 1 aliphatic rings. The van der Waals surface area contributed by atoms with Gasteiger partial charge in [-0.15, -0.1) is 0 Å². The zero-order valence-electron chi connectivity index (χ0n) is 10.7. The van der Waals surface area contributed by atoms with Crippen LogP contribution in [0.5, 0.6) is 0 Å². The highest BCUT2D eigenvalue weighted by Crippen LogP contribution is 2.20. The molecule has 1 saturated heterocycles. The van der Waals surface area contributed by atoms with Gasteiger partial charge < -0.3 is 10.6 Å². The molecule has 0 radical (unpaired) electrons. The van der Waals surface area contributed by atoms with E-state index in [1.165, 1.54) is 0 Å². The third-order valence-electron chi connectivity index (χ3n) is 3.33. The van der Waals surface area contributed by atoms with Gasteiger partial charge in [-0.2, -0.15) is 0 Å². The fourth-order valence-electron chi connectivity index (χ4n) is 2.28. The summed E-state index contributed by atoms with van der Waals surface area (Å²) in [7, 11) is 0. The molecule has 19 heavy (non-hydrogen) atoms. The van der Waals surface area contributed by atoms with Gasteiger partial charge in [0.15, 0.2) is 0 Å². The lowest BCUT2D eigenvalue weighted by Gasteiger charge is -2.16. The normalized spacial score (nSPS) is 18.5. The predicted molar refractivity (Wildman–Crippen MR) is 71.9 cm³/mol. The predicted octanol–water partition coefficient (Wildman–Crippen LogP) is 1.80. The van der Waals surface area contributed by atoms with Crippen LogP contribution in [-0.4, -0.2) is 23.9 Å². The summed E-state index contributed by atoms with van der Waals surface area (Å²) in [5, 5.41) is 3.54. The number of hydrogen-bond acceptors (Lipinski definition) is 3. The lowest BCUT2D eigenvalue weighted by molar-refractivity contribution is -0.128.